The van der Waals surface area contributed by atoms with E-state index in [1.54, 1.807) is 0 Å². The highest BCUT2D eigenvalue weighted by atomic mass is 16.6. The number of rotatable bonds is 3. The van der Waals surface area contributed by atoms with Gasteiger partial charge in [0.05, 0.1) is 0 Å². The lowest BCUT2D eigenvalue weighted by Gasteiger charge is -2.02. The molecule has 1 aliphatic rings. The van der Waals surface area contributed by atoms with E-state index >= 15 is 0 Å². The normalized spacial score (nSPS) is 20.9. The van der Waals surface area contributed by atoms with Crippen LogP contribution in [0.5, 0.6) is 0 Å². The molecule has 0 aliphatic carbocycles. The maximum atomic E-state index is 10.9. The van der Waals surface area contributed by atoms with Crippen LogP contribution in [-0.2, 0) is 9.53 Å². The zero-order valence-corrected chi connectivity index (χ0v) is 10.7. The van der Waals surface area contributed by atoms with Crippen LogP contribution in [0.3, 0.4) is 0 Å². The first-order valence-electron chi connectivity index (χ1n) is 6.32. The van der Waals surface area contributed by atoms with Crippen molar-refractivity contribution in [2.45, 2.75) is 19.1 Å². The molecule has 1 aliphatic heterocycles. The van der Waals surface area contributed by atoms with E-state index in [1.165, 1.54) is 12.5 Å². The third-order valence-electron chi connectivity index (χ3n) is 3.18. The fourth-order valence-corrected chi connectivity index (χ4v) is 2.22. The molecule has 1 N–H and O–H groups in total. The molecule has 0 radical (unpaired) electrons. The summed E-state index contributed by atoms with van der Waals surface area (Å²) in [4.78, 5) is 10.9. The Morgan fingerprint density at radius 3 is 2.11 bits per heavy atom. The number of amides is 1. The minimum absolute atomic E-state index is 0.0578. The Morgan fingerprint density at radius 1 is 0.947 bits per heavy atom. The summed E-state index contributed by atoms with van der Waals surface area (Å²) in [6.07, 6.45) is 0.293. The van der Waals surface area contributed by atoms with E-state index in [9.17, 15) is 4.79 Å². The van der Waals surface area contributed by atoms with Crippen LogP contribution < -0.4 is 5.32 Å². The molecule has 3 heteroatoms. The number of benzene rings is 2. The molecule has 3 rings (SSSR count). The van der Waals surface area contributed by atoms with Gasteiger partial charge in [0.1, 0.15) is 12.2 Å². The Labute approximate surface area is 112 Å². The Kier molecular flexibility index (Phi) is 3.05. The van der Waals surface area contributed by atoms with E-state index in [0.29, 0.717) is 0 Å². The molecule has 1 saturated heterocycles. The van der Waals surface area contributed by atoms with Gasteiger partial charge < -0.3 is 10.1 Å². The third-order valence-corrected chi connectivity index (χ3v) is 3.18. The van der Waals surface area contributed by atoms with Crippen molar-refractivity contribution < 1.29 is 9.53 Å². The van der Waals surface area contributed by atoms with Crippen molar-refractivity contribution in [2.24, 2.45) is 0 Å². The third kappa shape index (κ3) is 2.66. The van der Waals surface area contributed by atoms with E-state index in [1.807, 2.05) is 42.5 Å². The van der Waals surface area contributed by atoms with Crippen molar-refractivity contribution in [3.05, 3.63) is 65.7 Å². The first kappa shape index (κ1) is 11.9. The van der Waals surface area contributed by atoms with Gasteiger partial charge in [0.25, 0.3) is 0 Å². The quantitative estimate of drug-likeness (QED) is 0.851. The topological polar surface area (TPSA) is 41.6 Å². The molecule has 3 nitrogen and oxygen atoms in total. The van der Waals surface area contributed by atoms with Crippen LogP contribution in [-0.4, -0.2) is 5.91 Å². The van der Waals surface area contributed by atoms with Crippen LogP contribution in [0.15, 0.2) is 54.6 Å². The molecular weight excluding hydrogens is 238 g/mol. The van der Waals surface area contributed by atoms with E-state index in [2.05, 4.69) is 17.4 Å². The molecule has 1 amide bonds. The summed E-state index contributed by atoms with van der Waals surface area (Å²) in [5.74, 6) is -0.0578. The van der Waals surface area contributed by atoms with Gasteiger partial charge >= 0.3 is 0 Å². The second-order valence-corrected chi connectivity index (χ2v) is 4.69. The van der Waals surface area contributed by atoms with Crippen molar-refractivity contribution in [3.8, 4) is 0 Å². The number of hydrogen-bond acceptors (Lipinski definition) is 2. The number of carbonyl (C=O) groups excluding carboxylic acids is 1. The Morgan fingerprint density at radius 2 is 1.53 bits per heavy atom. The van der Waals surface area contributed by atoms with Crippen LogP contribution in [0.1, 0.15) is 30.3 Å². The van der Waals surface area contributed by atoms with Crippen LogP contribution >= 0.6 is 0 Å². The Hall–Kier alpha value is -2.13. The lowest BCUT2D eigenvalue weighted by Crippen LogP contribution is -2.05. The van der Waals surface area contributed by atoms with E-state index in [4.69, 9.17) is 4.74 Å². The van der Waals surface area contributed by atoms with Gasteiger partial charge in [-0.05, 0) is 23.3 Å². The minimum Gasteiger partial charge on any atom is -0.359 e. The number of epoxide rings is 1. The van der Waals surface area contributed by atoms with Crippen molar-refractivity contribution >= 4 is 11.6 Å². The summed E-state index contributed by atoms with van der Waals surface area (Å²) in [5.41, 5.74) is 3.16. The molecule has 0 saturated carbocycles. The van der Waals surface area contributed by atoms with Crippen LogP contribution in [0.25, 0.3) is 0 Å². The summed E-state index contributed by atoms with van der Waals surface area (Å²) in [5, 5.41) is 2.75. The van der Waals surface area contributed by atoms with Crippen molar-refractivity contribution in [3.63, 3.8) is 0 Å². The van der Waals surface area contributed by atoms with Gasteiger partial charge in [-0.1, -0.05) is 42.5 Å². The van der Waals surface area contributed by atoms with Gasteiger partial charge in [0.15, 0.2) is 0 Å². The molecule has 2 aromatic carbocycles. The highest BCUT2D eigenvalue weighted by molar-refractivity contribution is 5.88. The van der Waals surface area contributed by atoms with E-state index in [-0.39, 0.29) is 18.1 Å². The number of hydrogen-bond donors (Lipinski definition) is 1. The second kappa shape index (κ2) is 4.86. The molecule has 19 heavy (non-hydrogen) atoms. The number of anilines is 1. The molecule has 2 aromatic rings. The highest BCUT2D eigenvalue weighted by Crippen LogP contribution is 2.50. The summed E-state index contributed by atoms with van der Waals surface area (Å²) in [6.45, 7) is 1.50. The monoisotopic (exact) mass is 253 g/mol. The fraction of sp³-hybridized carbons (Fsp3) is 0.188. The molecule has 2 atom stereocenters. The molecule has 0 unspecified atom stereocenters. The van der Waals surface area contributed by atoms with Gasteiger partial charge in [-0.25, -0.2) is 0 Å². The summed E-state index contributed by atoms with van der Waals surface area (Å²) >= 11 is 0. The van der Waals surface area contributed by atoms with Gasteiger partial charge in [0, 0.05) is 12.6 Å². The Bertz CT molecular complexity index is 577. The van der Waals surface area contributed by atoms with Gasteiger partial charge in [-0.3, -0.25) is 4.79 Å². The average molecular weight is 253 g/mol. The molecule has 0 spiro atoms. The predicted octanol–water partition coefficient (Wildman–Crippen LogP) is 3.46. The largest absolute Gasteiger partial charge is 0.359 e. The van der Waals surface area contributed by atoms with Crippen molar-refractivity contribution in [1.29, 1.82) is 0 Å². The number of nitrogens with one attached hydrogen (secondary N) is 1. The van der Waals surface area contributed by atoms with Crippen molar-refractivity contribution in [1.82, 2.24) is 0 Å². The first-order chi connectivity index (χ1) is 9.24. The zero-order chi connectivity index (χ0) is 13.2. The number of ether oxygens (including phenoxy) is 1. The molecule has 0 aromatic heterocycles. The Balaban J connectivity index is 1.70. The average Bonchev–Trinajstić information content (AvgIpc) is 3.20. The first-order valence-corrected chi connectivity index (χ1v) is 6.32. The maximum absolute atomic E-state index is 10.9. The van der Waals surface area contributed by atoms with Gasteiger partial charge in [-0.2, -0.15) is 0 Å². The molecule has 1 fully saturated rings. The number of carbonyl (C=O) groups is 1. The van der Waals surface area contributed by atoms with Gasteiger partial charge in [0.2, 0.25) is 5.91 Å². The molecule has 0 bridgehead atoms. The highest BCUT2D eigenvalue weighted by Gasteiger charge is 2.41. The van der Waals surface area contributed by atoms with E-state index < -0.39 is 0 Å². The molecular formula is C16H15NO2. The smallest absolute Gasteiger partial charge is 0.221 e. The van der Waals surface area contributed by atoms with Crippen LogP contribution in [0.2, 0.25) is 0 Å². The lowest BCUT2D eigenvalue weighted by molar-refractivity contribution is -0.114. The predicted molar refractivity (Wildman–Crippen MR) is 73.8 cm³/mol. The minimum atomic E-state index is -0.0578. The standard InChI is InChI=1S/C16H15NO2/c1-11(18)17-14-9-7-13(8-10-14)16-15(19-16)12-5-3-2-4-6-12/h2-10,15-16H,1H3,(H,17,18)/t15-,16+/m1/s1. The summed E-state index contributed by atoms with van der Waals surface area (Å²) in [7, 11) is 0. The lowest BCUT2D eigenvalue weighted by atomic mass is 10.0. The summed E-state index contributed by atoms with van der Waals surface area (Å²) < 4.78 is 5.72. The fourth-order valence-electron chi connectivity index (χ4n) is 2.22. The second-order valence-electron chi connectivity index (χ2n) is 4.69. The molecule has 1 heterocycles. The van der Waals surface area contributed by atoms with Gasteiger partial charge in [-0.15, -0.1) is 0 Å². The zero-order valence-electron chi connectivity index (χ0n) is 10.7. The summed E-state index contributed by atoms with van der Waals surface area (Å²) in [6, 6.07) is 18.0. The van der Waals surface area contributed by atoms with Crippen LogP contribution in [0, 0.1) is 0 Å². The molecule has 96 valence electrons. The maximum Gasteiger partial charge on any atom is 0.221 e. The SMILES string of the molecule is CC(=O)Nc1ccc([C@@H]2O[C@@H]2c2ccccc2)cc1. The van der Waals surface area contributed by atoms with Crippen molar-refractivity contribution in [2.75, 3.05) is 5.32 Å². The van der Waals surface area contributed by atoms with Crippen LogP contribution in [0.4, 0.5) is 5.69 Å². The van der Waals surface area contributed by atoms with E-state index in [0.717, 1.165) is 11.3 Å².